The van der Waals surface area contributed by atoms with Gasteiger partial charge in [-0.1, -0.05) is 29.8 Å². The van der Waals surface area contributed by atoms with Gasteiger partial charge in [0, 0.05) is 36.3 Å². The van der Waals surface area contributed by atoms with E-state index in [1.54, 1.807) is 31.6 Å². The van der Waals surface area contributed by atoms with Crippen molar-refractivity contribution < 1.29 is 4.79 Å². The van der Waals surface area contributed by atoms with Gasteiger partial charge in [-0.2, -0.15) is 0 Å². The fourth-order valence-corrected chi connectivity index (χ4v) is 4.21. The van der Waals surface area contributed by atoms with Crippen LogP contribution in [-0.4, -0.2) is 33.9 Å². The third kappa shape index (κ3) is 4.77. The first-order valence-corrected chi connectivity index (χ1v) is 10.7. The average molecular weight is 438 g/mol. The Hall–Kier alpha value is -3.19. The molecule has 0 bridgehead atoms. The molecule has 3 N–H and O–H groups in total. The Kier molecular flexibility index (Phi) is 6.32. The zero-order valence-corrected chi connectivity index (χ0v) is 17.9. The molecule has 3 aromatic rings. The van der Waals surface area contributed by atoms with Gasteiger partial charge >= 0.3 is 0 Å². The minimum atomic E-state index is -0.150. The summed E-state index contributed by atoms with van der Waals surface area (Å²) in [6, 6.07) is 11.4. The highest BCUT2D eigenvalue weighted by Gasteiger charge is 2.26. The Balaban J connectivity index is 1.54. The van der Waals surface area contributed by atoms with Crippen molar-refractivity contribution in [2.75, 3.05) is 12.4 Å². The van der Waals surface area contributed by atoms with Gasteiger partial charge in [0.15, 0.2) is 0 Å². The first kappa shape index (κ1) is 21.1. The Morgan fingerprint density at radius 2 is 1.90 bits per heavy atom. The molecule has 1 saturated carbocycles. The number of halogens is 1. The van der Waals surface area contributed by atoms with Crippen LogP contribution < -0.4 is 16.2 Å². The summed E-state index contributed by atoms with van der Waals surface area (Å²) in [4.78, 5) is 35.7. The molecule has 4 rings (SSSR count). The molecule has 1 fully saturated rings. The topological polar surface area (TPSA) is 99.8 Å². The summed E-state index contributed by atoms with van der Waals surface area (Å²) in [7, 11) is 1.68. The number of hydrogen-bond donors (Lipinski definition) is 3. The number of benzene rings is 1. The first-order valence-electron chi connectivity index (χ1n) is 10.3. The summed E-state index contributed by atoms with van der Waals surface area (Å²) in [5, 5.41) is 6.55. The lowest BCUT2D eigenvalue weighted by Gasteiger charge is -2.28. The van der Waals surface area contributed by atoms with Crippen molar-refractivity contribution in [3.8, 4) is 22.4 Å². The van der Waals surface area contributed by atoms with Crippen LogP contribution in [0.2, 0.25) is 5.02 Å². The van der Waals surface area contributed by atoms with Crippen LogP contribution in [0.15, 0.2) is 53.6 Å². The Labute approximate surface area is 185 Å². The summed E-state index contributed by atoms with van der Waals surface area (Å²) in [6.07, 6.45) is 6.63. The van der Waals surface area contributed by atoms with Gasteiger partial charge in [-0.05, 0) is 49.4 Å². The molecule has 7 nitrogen and oxygen atoms in total. The van der Waals surface area contributed by atoms with E-state index in [1.165, 1.54) is 0 Å². The number of amides is 1. The van der Waals surface area contributed by atoms with Gasteiger partial charge in [-0.3, -0.25) is 9.59 Å². The van der Waals surface area contributed by atoms with Gasteiger partial charge in [0.25, 0.3) is 5.56 Å². The maximum atomic E-state index is 12.2. The Bertz CT molecular complexity index is 1140. The van der Waals surface area contributed by atoms with Crippen LogP contribution in [0.25, 0.3) is 22.4 Å². The highest BCUT2D eigenvalue weighted by Crippen LogP contribution is 2.30. The molecular formula is C23H24ClN5O2. The Morgan fingerprint density at radius 3 is 2.65 bits per heavy atom. The van der Waals surface area contributed by atoms with Gasteiger partial charge in [0.2, 0.25) is 11.9 Å². The maximum absolute atomic E-state index is 12.2. The molecule has 0 atom stereocenters. The number of carbonyl (C=O) groups excluding carboxylic acids is 1. The summed E-state index contributed by atoms with van der Waals surface area (Å²) in [6.45, 7) is 0. The number of H-pyrrole nitrogens is 1. The van der Waals surface area contributed by atoms with E-state index in [4.69, 9.17) is 11.6 Å². The third-order valence-electron chi connectivity index (χ3n) is 5.69. The number of pyridine rings is 1. The zero-order chi connectivity index (χ0) is 21.8. The van der Waals surface area contributed by atoms with Crippen LogP contribution in [-0.2, 0) is 4.79 Å². The summed E-state index contributed by atoms with van der Waals surface area (Å²) in [5.74, 6) is 0.694. The number of anilines is 1. The predicted octanol–water partition coefficient (Wildman–Crippen LogP) is 3.87. The van der Waals surface area contributed by atoms with E-state index in [-0.39, 0.29) is 23.4 Å². The lowest BCUT2D eigenvalue weighted by molar-refractivity contribution is -0.125. The third-order valence-corrected chi connectivity index (χ3v) is 5.96. The highest BCUT2D eigenvalue weighted by atomic mass is 35.5. The van der Waals surface area contributed by atoms with E-state index in [2.05, 4.69) is 25.6 Å². The molecule has 8 heteroatoms. The first-order chi connectivity index (χ1) is 15.0. The van der Waals surface area contributed by atoms with Crippen molar-refractivity contribution in [3.05, 3.63) is 64.2 Å². The number of hydrogen-bond acceptors (Lipinski definition) is 5. The summed E-state index contributed by atoms with van der Waals surface area (Å²) < 4.78 is 0. The molecule has 1 amide bonds. The second-order valence-corrected chi connectivity index (χ2v) is 8.10. The monoisotopic (exact) mass is 437 g/mol. The molecule has 2 heterocycles. The fourth-order valence-electron chi connectivity index (χ4n) is 4.01. The standard InChI is InChI=1S/C23H24ClN5O2/c1-25-21(30)14-7-9-17(10-8-14)28-23-27-13-19(24)20(29-23)16-5-2-4-15(12-16)18-6-3-11-26-22(18)31/h2-6,11-14,17H,7-10H2,1H3,(H,25,30)(H,26,31)(H,27,28,29)/t14-,17-. The van der Waals surface area contributed by atoms with E-state index in [0.717, 1.165) is 36.8 Å². The van der Waals surface area contributed by atoms with E-state index in [1.807, 2.05) is 24.3 Å². The van der Waals surface area contributed by atoms with Crippen LogP contribution in [0, 0.1) is 5.92 Å². The largest absolute Gasteiger partial charge is 0.359 e. The quantitative estimate of drug-likeness (QED) is 0.562. The second kappa shape index (κ2) is 9.31. The fraction of sp³-hybridized carbons (Fsp3) is 0.304. The Morgan fingerprint density at radius 1 is 1.13 bits per heavy atom. The number of carbonyl (C=O) groups is 1. The normalized spacial score (nSPS) is 18.4. The average Bonchev–Trinajstić information content (AvgIpc) is 2.80. The van der Waals surface area contributed by atoms with Crippen molar-refractivity contribution in [1.29, 1.82) is 0 Å². The van der Waals surface area contributed by atoms with Gasteiger partial charge < -0.3 is 15.6 Å². The van der Waals surface area contributed by atoms with Crippen molar-refractivity contribution in [2.24, 2.45) is 5.92 Å². The SMILES string of the molecule is CNC(=O)[C@H]1CC[C@H](Nc2ncc(Cl)c(-c3cccc(-c4ccc[nH]c4=O)c3)n2)CC1. The van der Waals surface area contributed by atoms with Gasteiger partial charge in [0.05, 0.1) is 16.9 Å². The molecule has 2 aromatic heterocycles. The number of rotatable bonds is 5. The van der Waals surface area contributed by atoms with Gasteiger partial charge in [-0.15, -0.1) is 0 Å². The molecule has 0 radical (unpaired) electrons. The predicted molar refractivity (Wildman–Crippen MR) is 122 cm³/mol. The van der Waals surface area contributed by atoms with Crippen LogP contribution in [0.5, 0.6) is 0 Å². The van der Waals surface area contributed by atoms with Crippen molar-refractivity contribution >= 4 is 23.5 Å². The molecule has 0 saturated heterocycles. The van der Waals surface area contributed by atoms with Crippen LogP contribution in [0.1, 0.15) is 25.7 Å². The number of aromatic nitrogens is 3. The zero-order valence-electron chi connectivity index (χ0n) is 17.2. The van der Waals surface area contributed by atoms with Crippen molar-refractivity contribution in [3.63, 3.8) is 0 Å². The minimum absolute atomic E-state index is 0.0774. The van der Waals surface area contributed by atoms with Gasteiger partial charge in [0.1, 0.15) is 0 Å². The van der Waals surface area contributed by atoms with Crippen molar-refractivity contribution in [2.45, 2.75) is 31.7 Å². The van der Waals surface area contributed by atoms with Crippen molar-refractivity contribution in [1.82, 2.24) is 20.3 Å². The molecule has 31 heavy (non-hydrogen) atoms. The van der Waals surface area contributed by atoms with Crippen LogP contribution in [0.3, 0.4) is 0 Å². The smallest absolute Gasteiger partial charge is 0.255 e. The second-order valence-electron chi connectivity index (χ2n) is 7.69. The molecule has 0 spiro atoms. The van der Waals surface area contributed by atoms with E-state index in [9.17, 15) is 9.59 Å². The number of nitrogens with one attached hydrogen (secondary N) is 3. The maximum Gasteiger partial charge on any atom is 0.255 e. The highest BCUT2D eigenvalue weighted by molar-refractivity contribution is 6.32. The van der Waals surface area contributed by atoms with E-state index >= 15 is 0 Å². The summed E-state index contributed by atoms with van der Waals surface area (Å²) >= 11 is 6.41. The molecular weight excluding hydrogens is 414 g/mol. The summed E-state index contributed by atoms with van der Waals surface area (Å²) in [5.41, 5.74) is 2.63. The molecule has 160 valence electrons. The van der Waals surface area contributed by atoms with E-state index < -0.39 is 0 Å². The van der Waals surface area contributed by atoms with Crippen LogP contribution >= 0.6 is 11.6 Å². The lowest BCUT2D eigenvalue weighted by atomic mass is 9.85. The molecule has 0 aliphatic heterocycles. The van der Waals surface area contributed by atoms with E-state index in [0.29, 0.717) is 22.2 Å². The molecule has 0 unspecified atom stereocenters. The molecule has 1 aromatic carbocycles. The lowest BCUT2D eigenvalue weighted by Crippen LogP contribution is -2.34. The molecule has 1 aliphatic carbocycles. The number of aromatic amines is 1. The van der Waals surface area contributed by atoms with Crippen LogP contribution in [0.4, 0.5) is 5.95 Å². The number of nitrogens with zero attached hydrogens (tertiary/aromatic N) is 2. The minimum Gasteiger partial charge on any atom is -0.359 e. The molecule has 1 aliphatic rings. The van der Waals surface area contributed by atoms with Gasteiger partial charge in [-0.25, -0.2) is 9.97 Å².